The predicted molar refractivity (Wildman–Crippen MR) is 123 cm³/mol. The Hall–Kier alpha value is -2.86. The molecule has 2 heterocycles. The highest BCUT2D eigenvalue weighted by molar-refractivity contribution is 8.18. The van der Waals surface area contributed by atoms with Crippen LogP contribution >= 0.6 is 23.4 Å². The van der Waals surface area contributed by atoms with Crippen molar-refractivity contribution in [2.75, 3.05) is 13.2 Å². The highest BCUT2D eigenvalue weighted by Gasteiger charge is 2.36. The normalized spacial score (nSPS) is 16.8. The number of aliphatic hydroxyl groups is 1. The number of hydrogen-bond donors (Lipinski definition) is 2. The first kappa shape index (κ1) is 24.3. The summed E-state index contributed by atoms with van der Waals surface area (Å²) in [5, 5.41) is 13.5. The third kappa shape index (κ3) is 4.97. The molecule has 0 spiro atoms. The van der Waals surface area contributed by atoms with E-state index in [1.807, 2.05) is 0 Å². The van der Waals surface area contributed by atoms with Gasteiger partial charge >= 0.3 is 6.18 Å². The van der Waals surface area contributed by atoms with Gasteiger partial charge < -0.3 is 10.8 Å². The van der Waals surface area contributed by atoms with E-state index in [0.29, 0.717) is 16.5 Å². The molecule has 0 radical (unpaired) electrons. The first-order valence-electron chi connectivity index (χ1n) is 10.00. The maximum Gasteiger partial charge on any atom is 0.416 e. The Kier molecular flexibility index (Phi) is 6.72. The van der Waals surface area contributed by atoms with E-state index in [-0.39, 0.29) is 35.2 Å². The Morgan fingerprint density at radius 1 is 1.21 bits per heavy atom. The minimum absolute atomic E-state index is 0.00574. The molecule has 178 valence electrons. The lowest BCUT2D eigenvalue weighted by Gasteiger charge is -2.16. The van der Waals surface area contributed by atoms with Crippen LogP contribution in [0.3, 0.4) is 0 Å². The second-order valence-electron chi connectivity index (χ2n) is 7.65. The number of aliphatic hydroxyl groups excluding tert-OH is 1. The average Bonchev–Trinajstić information content (AvgIpc) is 3.29. The quantitative estimate of drug-likeness (QED) is 0.484. The Morgan fingerprint density at radius 3 is 2.68 bits per heavy atom. The summed E-state index contributed by atoms with van der Waals surface area (Å²) in [6.45, 7) is -0.560. The number of imide groups is 1. The molecule has 3 N–H and O–H groups in total. The maximum atomic E-state index is 13.4. The van der Waals surface area contributed by atoms with Crippen molar-refractivity contribution < 1.29 is 27.9 Å². The second kappa shape index (κ2) is 9.41. The van der Waals surface area contributed by atoms with E-state index < -0.39 is 28.9 Å². The predicted octanol–water partition coefficient (Wildman–Crippen LogP) is 4.11. The van der Waals surface area contributed by atoms with Crippen molar-refractivity contribution in [3.8, 4) is 0 Å². The molecule has 2 aromatic carbocycles. The van der Waals surface area contributed by atoms with Crippen LogP contribution in [0.15, 0.2) is 47.5 Å². The summed E-state index contributed by atoms with van der Waals surface area (Å²) in [4.78, 5) is 25.9. The smallest absolute Gasteiger partial charge is 0.395 e. The van der Waals surface area contributed by atoms with Crippen LogP contribution in [-0.4, -0.2) is 50.1 Å². The van der Waals surface area contributed by atoms with E-state index >= 15 is 0 Å². The Labute approximate surface area is 201 Å². The van der Waals surface area contributed by atoms with Gasteiger partial charge in [0.2, 0.25) is 0 Å². The van der Waals surface area contributed by atoms with E-state index in [4.69, 9.17) is 22.4 Å². The molecule has 12 heteroatoms. The summed E-state index contributed by atoms with van der Waals surface area (Å²) in [7, 11) is 0. The number of benzene rings is 2. The van der Waals surface area contributed by atoms with Crippen LogP contribution in [0.5, 0.6) is 0 Å². The Bertz CT molecular complexity index is 1310. The molecule has 0 saturated carbocycles. The number of carbonyl (C=O) groups excluding carboxylic acids is 2. The molecule has 1 saturated heterocycles. The fourth-order valence-corrected chi connectivity index (χ4v) is 4.55. The molecule has 4 rings (SSSR count). The van der Waals surface area contributed by atoms with Crippen LogP contribution in [0.2, 0.25) is 5.02 Å². The first-order chi connectivity index (χ1) is 16.1. The molecule has 1 atom stereocenters. The minimum atomic E-state index is -4.56. The maximum absolute atomic E-state index is 13.4. The van der Waals surface area contributed by atoms with Gasteiger partial charge in [0.05, 0.1) is 35.3 Å². The molecule has 0 unspecified atom stereocenters. The number of rotatable bonds is 6. The van der Waals surface area contributed by atoms with Crippen molar-refractivity contribution in [1.29, 1.82) is 0 Å². The van der Waals surface area contributed by atoms with Crippen LogP contribution in [0.25, 0.3) is 17.0 Å². The SMILES string of the molecule is N[C@@H](CO)CN1C(=O)S/C(=C\c2ccc3c(cnn3Cc3ccc(Cl)cc3C(F)(F)F)c2)C1=O. The van der Waals surface area contributed by atoms with Crippen LogP contribution in [0.1, 0.15) is 16.7 Å². The monoisotopic (exact) mass is 510 g/mol. The van der Waals surface area contributed by atoms with Gasteiger partial charge in [0.15, 0.2) is 0 Å². The van der Waals surface area contributed by atoms with Crippen molar-refractivity contribution in [3.63, 3.8) is 0 Å². The summed E-state index contributed by atoms with van der Waals surface area (Å²) in [5.41, 5.74) is 6.05. The summed E-state index contributed by atoms with van der Waals surface area (Å²) in [6, 6.07) is 7.97. The molecular formula is C22H18ClF3N4O3S. The average molecular weight is 511 g/mol. The van der Waals surface area contributed by atoms with E-state index in [1.165, 1.54) is 23.0 Å². The fraction of sp³-hybridized carbons (Fsp3) is 0.227. The lowest BCUT2D eigenvalue weighted by Crippen LogP contribution is -2.41. The number of amides is 2. The number of hydrogen-bond acceptors (Lipinski definition) is 6. The van der Waals surface area contributed by atoms with Crippen LogP contribution in [0.4, 0.5) is 18.0 Å². The van der Waals surface area contributed by atoms with E-state index in [1.54, 1.807) is 24.3 Å². The Balaban J connectivity index is 1.59. The molecular weight excluding hydrogens is 493 g/mol. The topological polar surface area (TPSA) is 101 Å². The molecule has 0 aliphatic carbocycles. The van der Waals surface area contributed by atoms with Gasteiger partial charge in [0.1, 0.15) is 0 Å². The largest absolute Gasteiger partial charge is 0.416 e. The third-order valence-electron chi connectivity index (χ3n) is 5.19. The number of nitrogens with two attached hydrogens (primary N) is 1. The van der Waals surface area contributed by atoms with Crippen molar-refractivity contribution in [3.05, 3.63) is 69.2 Å². The van der Waals surface area contributed by atoms with Gasteiger partial charge in [-0.2, -0.15) is 18.3 Å². The number of alkyl halides is 3. The molecule has 1 aliphatic heterocycles. The lowest BCUT2D eigenvalue weighted by molar-refractivity contribution is -0.138. The van der Waals surface area contributed by atoms with E-state index in [9.17, 15) is 22.8 Å². The van der Waals surface area contributed by atoms with Crippen molar-refractivity contribution in [2.45, 2.75) is 18.8 Å². The highest BCUT2D eigenvalue weighted by atomic mass is 35.5. The highest BCUT2D eigenvalue weighted by Crippen LogP contribution is 2.35. The Morgan fingerprint density at radius 2 is 1.97 bits per heavy atom. The standard InChI is InChI=1S/C22H18ClF3N4O3S/c23-15-3-2-13(17(7-15)22(24,25)26)9-30-18-4-1-12(5-14(18)8-28-30)6-19-20(32)29(21(33)34-19)10-16(27)11-31/h1-8,16,31H,9-11,27H2/b19-6-/t16-/m1/s1. The zero-order chi connectivity index (χ0) is 24.6. The van der Waals surface area contributed by atoms with Gasteiger partial charge in [-0.1, -0.05) is 23.7 Å². The summed E-state index contributed by atoms with van der Waals surface area (Å²) in [5.74, 6) is -0.503. The third-order valence-corrected chi connectivity index (χ3v) is 6.33. The van der Waals surface area contributed by atoms with Gasteiger partial charge in [-0.3, -0.25) is 19.2 Å². The van der Waals surface area contributed by atoms with Crippen LogP contribution in [0, 0.1) is 0 Å². The minimum Gasteiger partial charge on any atom is -0.395 e. The van der Waals surface area contributed by atoms with Gasteiger partial charge in [-0.25, -0.2) is 0 Å². The van der Waals surface area contributed by atoms with E-state index in [2.05, 4.69) is 5.10 Å². The number of nitrogens with zero attached hydrogens (tertiary/aromatic N) is 3. The summed E-state index contributed by atoms with van der Waals surface area (Å²) >= 11 is 6.52. The fourth-order valence-electron chi connectivity index (χ4n) is 3.53. The van der Waals surface area contributed by atoms with Gasteiger partial charge in [-0.05, 0) is 53.2 Å². The number of thioether (sulfide) groups is 1. The van der Waals surface area contributed by atoms with E-state index in [0.717, 1.165) is 22.7 Å². The molecule has 7 nitrogen and oxygen atoms in total. The van der Waals surface area contributed by atoms with Crippen LogP contribution < -0.4 is 5.73 Å². The molecule has 3 aromatic rings. The number of carbonyl (C=O) groups is 2. The second-order valence-corrected chi connectivity index (χ2v) is 9.08. The zero-order valence-electron chi connectivity index (χ0n) is 17.4. The number of halogens is 4. The van der Waals surface area contributed by atoms with Crippen molar-refractivity contribution in [2.24, 2.45) is 5.73 Å². The van der Waals surface area contributed by atoms with Gasteiger partial charge in [-0.15, -0.1) is 0 Å². The molecule has 1 fully saturated rings. The molecule has 0 bridgehead atoms. The lowest BCUT2D eigenvalue weighted by atomic mass is 10.1. The van der Waals surface area contributed by atoms with Crippen molar-refractivity contribution >= 4 is 51.5 Å². The van der Waals surface area contributed by atoms with Crippen molar-refractivity contribution in [1.82, 2.24) is 14.7 Å². The molecule has 1 aliphatic rings. The van der Waals surface area contributed by atoms with Crippen LogP contribution in [-0.2, 0) is 17.5 Å². The molecule has 1 aromatic heterocycles. The first-order valence-corrected chi connectivity index (χ1v) is 11.2. The molecule has 2 amide bonds. The number of aromatic nitrogens is 2. The number of fused-ring (bicyclic) bond motifs is 1. The molecule has 34 heavy (non-hydrogen) atoms. The zero-order valence-corrected chi connectivity index (χ0v) is 19.0. The summed E-state index contributed by atoms with van der Waals surface area (Å²) in [6.07, 6.45) is -1.49. The summed E-state index contributed by atoms with van der Waals surface area (Å²) < 4.78 is 41.7. The van der Waals surface area contributed by atoms with Gasteiger partial charge in [0, 0.05) is 23.0 Å². The van der Waals surface area contributed by atoms with Gasteiger partial charge in [0.25, 0.3) is 11.1 Å².